The molecular formula is C17H22N2O5S. The van der Waals surface area contributed by atoms with E-state index in [-0.39, 0.29) is 23.0 Å². The first-order valence-electron chi connectivity index (χ1n) is 8.58. The van der Waals surface area contributed by atoms with E-state index in [1.165, 1.54) is 10.4 Å². The zero-order valence-corrected chi connectivity index (χ0v) is 15.0. The SMILES string of the molecule is CN1CCCC2(CCN(S(=O)(=O)c3ccc4c(c3)OCO4)CC2)C1=O. The van der Waals surface area contributed by atoms with Gasteiger partial charge in [-0.3, -0.25) is 4.79 Å². The Hall–Kier alpha value is -1.80. The van der Waals surface area contributed by atoms with Crippen LogP contribution in [0.4, 0.5) is 0 Å². The maximum Gasteiger partial charge on any atom is 0.243 e. The summed E-state index contributed by atoms with van der Waals surface area (Å²) in [4.78, 5) is 14.6. The molecule has 7 nitrogen and oxygen atoms in total. The van der Waals surface area contributed by atoms with Crippen molar-refractivity contribution in [3.63, 3.8) is 0 Å². The first-order valence-corrected chi connectivity index (χ1v) is 10.0. The Morgan fingerprint density at radius 3 is 2.52 bits per heavy atom. The highest BCUT2D eigenvalue weighted by molar-refractivity contribution is 7.89. The van der Waals surface area contributed by atoms with Crippen LogP contribution >= 0.6 is 0 Å². The van der Waals surface area contributed by atoms with E-state index in [0.717, 1.165) is 19.4 Å². The fraction of sp³-hybridized carbons (Fsp3) is 0.588. The number of ether oxygens (including phenoxy) is 2. The Labute approximate surface area is 147 Å². The number of likely N-dealkylation sites (tertiary alicyclic amines) is 1. The van der Waals surface area contributed by atoms with E-state index >= 15 is 0 Å². The number of rotatable bonds is 2. The topological polar surface area (TPSA) is 76.2 Å². The molecule has 0 aliphatic carbocycles. The van der Waals surface area contributed by atoms with Gasteiger partial charge in [-0.2, -0.15) is 4.31 Å². The zero-order chi connectivity index (χ0) is 17.7. The van der Waals surface area contributed by atoms with E-state index in [1.807, 2.05) is 7.05 Å². The zero-order valence-electron chi connectivity index (χ0n) is 14.2. The first kappa shape index (κ1) is 16.7. The predicted molar refractivity (Wildman–Crippen MR) is 89.9 cm³/mol. The molecule has 25 heavy (non-hydrogen) atoms. The van der Waals surface area contributed by atoms with Gasteiger partial charge in [-0.25, -0.2) is 8.42 Å². The number of nitrogens with zero attached hydrogens (tertiary/aromatic N) is 2. The normalized spacial score (nSPS) is 23.2. The molecule has 0 aromatic heterocycles. The molecule has 1 aromatic carbocycles. The van der Waals surface area contributed by atoms with E-state index < -0.39 is 10.0 Å². The molecule has 0 bridgehead atoms. The molecule has 4 rings (SSSR count). The molecule has 2 saturated heterocycles. The van der Waals surface area contributed by atoms with Crippen LogP contribution in [0.15, 0.2) is 23.1 Å². The monoisotopic (exact) mass is 366 g/mol. The molecule has 136 valence electrons. The van der Waals surface area contributed by atoms with Crippen LogP contribution in [0.1, 0.15) is 25.7 Å². The summed E-state index contributed by atoms with van der Waals surface area (Å²) in [6.07, 6.45) is 3.01. The maximum atomic E-state index is 12.9. The summed E-state index contributed by atoms with van der Waals surface area (Å²) < 4.78 is 37.9. The molecular weight excluding hydrogens is 344 g/mol. The number of carbonyl (C=O) groups excluding carboxylic acids is 1. The second kappa shape index (κ2) is 5.88. The molecule has 0 unspecified atom stereocenters. The second-order valence-electron chi connectivity index (χ2n) is 7.03. The largest absolute Gasteiger partial charge is 0.454 e. The van der Waals surface area contributed by atoms with E-state index in [1.54, 1.807) is 17.0 Å². The quantitative estimate of drug-likeness (QED) is 0.792. The van der Waals surface area contributed by atoms with Crippen LogP contribution < -0.4 is 9.47 Å². The lowest BCUT2D eigenvalue weighted by Crippen LogP contribution is -2.53. The fourth-order valence-corrected chi connectivity index (χ4v) is 5.53. The van der Waals surface area contributed by atoms with Gasteiger partial charge in [0.1, 0.15) is 0 Å². The number of benzene rings is 1. The van der Waals surface area contributed by atoms with Crippen LogP contribution in [0.2, 0.25) is 0 Å². The van der Waals surface area contributed by atoms with Crippen molar-refractivity contribution in [3.8, 4) is 11.5 Å². The number of piperidine rings is 2. The second-order valence-corrected chi connectivity index (χ2v) is 8.97. The van der Waals surface area contributed by atoms with Gasteiger partial charge in [0.05, 0.1) is 10.3 Å². The van der Waals surface area contributed by atoms with Crippen LogP contribution in [0.5, 0.6) is 11.5 Å². The third-order valence-corrected chi connectivity index (χ3v) is 7.51. The molecule has 1 aromatic rings. The molecule has 1 amide bonds. The van der Waals surface area contributed by atoms with Gasteiger partial charge in [0.2, 0.25) is 22.7 Å². The number of sulfonamides is 1. The minimum Gasteiger partial charge on any atom is -0.454 e. The van der Waals surface area contributed by atoms with E-state index in [4.69, 9.17) is 9.47 Å². The summed E-state index contributed by atoms with van der Waals surface area (Å²) in [7, 11) is -1.76. The lowest BCUT2D eigenvalue weighted by Gasteiger charge is -2.45. The molecule has 2 fully saturated rings. The highest BCUT2D eigenvalue weighted by Gasteiger charge is 2.46. The van der Waals surface area contributed by atoms with Gasteiger partial charge >= 0.3 is 0 Å². The van der Waals surface area contributed by atoms with Crippen molar-refractivity contribution in [1.82, 2.24) is 9.21 Å². The van der Waals surface area contributed by atoms with Crippen molar-refractivity contribution in [2.45, 2.75) is 30.6 Å². The Kier molecular flexibility index (Phi) is 3.92. The van der Waals surface area contributed by atoms with Crippen molar-refractivity contribution in [2.75, 3.05) is 33.5 Å². The number of carbonyl (C=O) groups is 1. The molecule has 0 radical (unpaired) electrons. The lowest BCUT2D eigenvalue weighted by atomic mass is 9.72. The van der Waals surface area contributed by atoms with Crippen molar-refractivity contribution < 1.29 is 22.7 Å². The molecule has 1 spiro atoms. The van der Waals surface area contributed by atoms with Gasteiger partial charge in [-0.15, -0.1) is 0 Å². The molecule has 3 aliphatic rings. The number of hydrogen-bond donors (Lipinski definition) is 0. The average Bonchev–Trinajstić information content (AvgIpc) is 3.08. The molecule has 8 heteroatoms. The summed E-state index contributed by atoms with van der Waals surface area (Å²) in [5.41, 5.74) is -0.381. The fourth-order valence-electron chi connectivity index (χ4n) is 4.07. The maximum absolute atomic E-state index is 12.9. The standard InChI is InChI=1S/C17H22N2O5S/c1-18-8-2-5-17(16(18)20)6-9-19(10-7-17)25(21,22)13-3-4-14-15(11-13)24-12-23-14/h3-4,11H,2,5-10,12H2,1H3. The Bertz CT molecular complexity index is 799. The first-order chi connectivity index (χ1) is 11.9. The minimum absolute atomic E-state index is 0.112. The summed E-state index contributed by atoms with van der Waals surface area (Å²) in [5.74, 6) is 1.19. The Balaban J connectivity index is 1.53. The van der Waals surface area contributed by atoms with E-state index in [0.29, 0.717) is 37.4 Å². The smallest absolute Gasteiger partial charge is 0.243 e. The molecule has 0 N–H and O–H groups in total. The van der Waals surface area contributed by atoms with Crippen LogP contribution in [0.3, 0.4) is 0 Å². The van der Waals surface area contributed by atoms with Crippen molar-refractivity contribution >= 4 is 15.9 Å². The molecule has 3 heterocycles. The van der Waals surface area contributed by atoms with Crippen LogP contribution in [0.25, 0.3) is 0 Å². The van der Waals surface area contributed by atoms with Gasteiger partial charge in [0.25, 0.3) is 0 Å². The van der Waals surface area contributed by atoms with Gasteiger partial charge in [0, 0.05) is 32.7 Å². The summed E-state index contributed by atoms with van der Waals surface area (Å²) in [6.45, 7) is 1.65. The highest BCUT2D eigenvalue weighted by Crippen LogP contribution is 2.42. The van der Waals surface area contributed by atoms with Crippen LogP contribution in [-0.4, -0.2) is 57.0 Å². The number of amides is 1. The lowest BCUT2D eigenvalue weighted by molar-refractivity contribution is -0.147. The summed E-state index contributed by atoms with van der Waals surface area (Å²) in [6, 6.07) is 4.69. The van der Waals surface area contributed by atoms with Crippen molar-refractivity contribution in [1.29, 1.82) is 0 Å². The van der Waals surface area contributed by atoms with Crippen LogP contribution in [0, 0.1) is 5.41 Å². The van der Waals surface area contributed by atoms with E-state index in [9.17, 15) is 13.2 Å². The third-order valence-electron chi connectivity index (χ3n) is 5.61. The molecule has 0 atom stereocenters. The van der Waals surface area contributed by atoms with E-state index in [2.05, 4.69) is 0 Å². The molecule has 0 saturated carbocycles. The van der Waals surface area contributed by atoms with Gasteiger partial charge in [0.15, 0.2) is 11.5 Å². The average molecular weight is 366 g/mol. The highest BCUT2D eigenvalue weighted by atomic mass is 32.2. The number of hydrogen-bond acceptors (Lipinski definition) is 5. The van der Waals surface area contributed by atoms with Gasteiger partial charge < -0.3 is 14.4 Å². The summed E-state index contributed by atoms with van der Waals surface area (Å²) in [5, 5.41) is 0. The minimum atomic E-state index is -3.60. The third kappa shape index (κ3) is 2.67. The van der Waals surface area contributed by atoms with Crippen molar-refractivity contribution in [3.05, 3.63) is 18.2 Å². The molecule has 3 aliphatic heterocycles. The number of fused-ring (bicyclic) bond motifs is 1. The predicted octanol–water partition coefficient (Wildman–Crippen LogP) is 1.44. The van der Waals surface area contributed by atoms with Crippen LogP contribution in [-0.2, 0) is 14.8 Å². The van der Waals surface area contributed by atoms with Crippen molar-refractivity contribution in [2.24, 2.45) is 5.41 Å². The Morgan fingerprint density at radius 1 is 1.04 bits per heavy atom. The summed E-state index contributed by atoms with van der Waals surface area (Å²) >= 11 is 0. The van der Waals surface area contributed by atoms with Gasteiger partial charge in [-0.1, -0.05) is 0 Å². The van der Waals surface area contributed by atoms with Gasteiger partial charge in [-0.05, 0) is 37.8 Å². The Morgan fingerprint density at radius 2 is 1.76 bits per heavy atom.